The fourth-order valence-electron chi connectivity index (χ4n) is 2.11. The zero-order valence-corrected chi connectivity index (χ0v) is 14.6. The van der Waals surface area contributed by atoms with E-state index in [2.05, 4.69) is 26.2 Å². The van der Waals surface area contributed by atoms with Crippen LogP contribution < -0.4 is 5.32 Å². The molecular formula is C17H20BrN3O. The molecule has 0 saturated heterocycles. The Morgan fingerprint density at radius 3 is 2.50 bits per heavy atom. The summed E-state index contributed by atoms with van der Waals surface area (Å²) in [6.45, 7) is 7.39. The number of nitrogens with one attached hydrogen (secondary N) is 1. The Morgan fingerprint density at radius 2 is 1.95 bits per heavy atom. The quantitative estimate of drug-likeness (QED) is 0.859. The maximum absolute atomic E-state index is 12.2. The van der Waals surface area contributed by atoms with Gasteiger partial charge in [0.15, 0.2) is 0 Å². The molecule has 0 radical (unpaired) electrons. The van der Waals surface area contributed by atoms with Gasteiger partial charge in [0.25, 0.3) is 5.91 Å². The number of hydrogen-bond acceptors (Lipinski definition) is 3. The summed E-state index contributed by atoms with van der Waals surface area (Å²) in [7, 11) is 0. The van der Waals surface area contributed by atoms with Gasteiger partial charge in [-0.2, -0.15) is 0 Å². The van der Waals surface area contributed by atoms with E-state index in [0.29, 0.717) is 24.5 Å². The topological polar surface area (TPSA) is 45.2 Å². The van der Waals surface area contributed by atoms with Gasteiger partial charge in [-0.3, -0.25) is 4.79 Å². The summed E-state index contributed by atoms with van der Waals surface area (Å²) < 4.78 is 1.05. The zero-order valence-electron chi connectivity index (χ0n) is 13.1. The standard InChI is InChI=1S/C17H20BrN3O/c1-4-21(5-2)17(22)13-7-9-16(19-11-13)20-14-8-6-12(3)15(18)10-14/h6-11H,4-5H2,1-3H3,(H,19,20). The van der Waals surface area contributed by atoms with Crippen LogP contribution in [-0.2, 0) is 0 Å². The Balaban J connectivity index is 2.11. The summed E-state index contributed by atoms with van der Waals surface area (Å²) in [5, 5.41) is 3.23. The molecule has 0 bridgehead atoms. The average Bonchev–Trinajstić information content (AvgIpc) is 2.53. The first-order chi connectivity index (χ1) is 10.5. The van der Waals surface area contributed by atoms with Crippen LogP contribution in [0.5, 0.6) is 0 Å². The van der Waals surface area contributed by atoms with Gasteiger partial charge in [-0.25, -0.2) is 4.98 Å². The van der Waals surface area contributed by atoms with Crippen molar-refractivity contribution in [3.05, 3.63) is 52.1 Å². The minimum Gasteiger partial charge on any atom is -0.340 e. The highest BCUT2D eigenvalue weighted by atomic mass is 79.9. The summed E-state index contributed by atoms with van der Waals surface area (Å²) in [6, 6.07) is 9.66. The van der Waals surface area contributed by atoms with E-state index < -0.39 is 0 Å². The second kappa shape index (κ2) is 7.40. The molecule has 0 spiro atoms. The monoisotopic (exact) mass is 361 g/mol. The van der Waals surface area contributed by atoms with Crippen molar-refractivity contribution in [2.75, 3.05) is 18.4 Å². The van der Waals surface area contributed by atoms with Crippen LogP contribution in [0.1, 0.15) is 29.8 Å². The van der Waals surface area contributed by atoms with Crippen LogP contribution in [0.25, 0.3) is 0 Å². The fourth-order valence-corrected chi connectivity index (χ4v) is 2.48. The van der Waals surface area contributed by atoms with Crippen molar-refractivity contribution in [1.29, 1.82) is 0 Å². The van der Waals surface area contributed by atoms with Crippen molar-refractivity contribution >= 4 is 33.3 Å². The lowest BCUT2D eigenvalue weighted by Crippen LogP contribution is -2.30. The van der Waals surface area contributed by atoms with Gasteiger partial charge in [0.05, 0.1) is 5.56 Å². The second-order valence-electron chi connectivity index (χ2n) is 5.00. The molecular weight excluding hydrogens is 342 g/mol. The van der Waals surface area contributed by atoms with Crippen molar-refractivity contribution < 1.29 is 4.79 Å². The first-order valence-corrected chi connectivity index (χ1v) is 8.13. The van der Waals surface area contributed by atoms with Crippen LogP contribution in [0, 0.1) is 6.92 Å². The summed E-state index contributed by atoms with van der Waals surface area (Å²) >= 11 is 3.51. The van der Waals surface area contributed by atoms with Gasteiger partial charge in [0.1, 0.15) is 5.82 Å². The molecule has 116 valence electrons. The number of carbonyl (C=O) groups is 1. The van der Waals surface area contributed by atoms with E-state index in [4.69, 9.17) is 0 Å². The van der Waals surface area contributed by atoms with Crippen LogP contribution in [0.15, 0.2) is 41.0 Å². The highest BCUT2D eigenvalue weighted by Crippen LogP contribution is 2.23. The van der Waals surface area contributed by atoms with E-state index >= 15 is 0 Å². The van der Waals surface area contributed by atoms with Gasteiger partial charge in [-0.05, 0) is 50.6 Å². The number of halogens is 1. The maximum atomic E-state index is 12.2. The predicted molar refractivity (Wildman–Crippen MR) is 93.7 cm³/mol. The Hall–Kier alpha value is -1.88. The largest absolute Gasteiger partial charge is 0.340 e. The molecule has 0 aliphatic heterocycles. The number of anilines is 2. The Labute approximate surface area is 139 Å². The van der Waals surface area contributed by atoms with Crippen LogP contribution in [0.4, 0.5) is 11.5 Å². The first-order valence-electron chi connectivity index (χ1n) is 7.33. The number of nitrogens with zero attached hydrogens (tertiary/aromatic N) is 2. The summed E-state index contributed by atoms with van der Waals surface area (Å²) in [6.07, 6.45) is 1.62. The molecule has 0 fully saturated rings. The van der Waals surface area contributed by atoms with Gasteiger partial charge < -0.3 is 10.2 Å². The van der Waals surface area contributed by atoms with Crippen LogP contribution in [0.3, 0.4) is 0 Å². The molecule has 0 aliphatic rings. The molecule has 1 aromatic carbocycles. The number of rotatable bonds is 5. The molecule has 1 N–H and O–H groups in total. The normalized spacial score (nSPS) is 10.4. The SMILES string of the molecule is CCN(CC)C(=O)c1ccc(Nc2ccc(C)c(Br)c2)nc1. The predicted octanol–water partition coefficient (Wildman–Crippen LogP) is 4.38. The van der Waals surface area contributed by atoms with Crippen LogP contribution >= 0.6 is 15.9 Å². The third kappa shape index (κ3) is 3.85. The molecule has 1 heterocycles. The number of benzene rings is 1. The number of carbonyl (C=O) groups excluding carboxylic acids is 1. The minimum atomic E-state index is 0.0159. The van der Waals surface area contributed by atoms with Gasteiger partial charge >= 0.3 is 0 Å². The lowest BCUT2D eigenvalue weighted by molar-refractivity contribution is 0.0772. The van der Waals surface area contributed by atoms with E-state index in [1.54, 1.807) is 17.2 Å². The van der Waals surface area contributed by atoms with Gasteiger partial charge in [0, 0.05) is 29.4 Å². The fraction of sp³-hybridized carbons (Fsp3) is 0.294. The number of hydrogen-bond donors (Lipinski definition) is 1. The third-order valence-electron chi connectivity index (χ3n) is 3.51. The van der Waals surface area contributed by atoms with E-state index in [9.17, 15) is 4.79 Å². The average molecular weight is 362 g/mol. The Kier molecular flexibility index (Phi) is 5.55. The van der Waals surface area contributed by atoms with E-state index in [1.165, 1.54) is 5.56 Å². The highest BCUT2D eigenvalue weighted by Gasteiger charge is 2.12. The highest BCUT2D eigenvalue weighted by molar-refractivity contribution is 9.10. The molecule has 2 rings (SSSR count). The minimum absolute atomic E-state index is 0.0159. The van der Waals surface area contributed by atoms with Gasteiger partial charge in [0.2, 0.25) is 0 Å². The van der Waals surface area contributed by atoms with Crippen molar-refractivity contribution in [1.82, 2.24) is 9.88 Å². The van der Waals surface area contributed by atoms with Crippen LogP contribution in [-0.4, -0.2) is 28.9 Å². The molecule has 0 saturated carbocycles. The van der Waals surface area contributed by atoms with E-state index in [-0.39, 0.29) is 5.91 Å². The lowest BCUT2D eigenvalue weighted by Gasteiger charge is -2.18. The molecule has 0 aliphatic carbocycles. The summed E-state index contributed by atoms with van der Waals surface area (Å²) in [5.41, 5.74) is 2.74. The molecule has 5 heteroatoms. The number of aryl methyl sites for hydroxylation is 1. The Bertz CT molecular complexity index is 651. The molecule has 0 atom stereocenters. The smallest absolute Gasteiger partial charge is 0.255 e. The summed E-state index contributed by atoms with van der Waals surface area (Å²) in [5.74, 6) is 0.731. The number of pyridine rings is 1. The van der Waals surface area contributed by atoms with Gasteiger partial charge in [-0.1, -0.05) is 22.0 Å². The number of amides is 1. The molecule has 1 aromatic heterocycles. The lowest BCUT2D eigenvalue weighted by atomic mass is 10.2. The zero-order chi connectivity index (χ0) is 16.1. The number of aromatic nitrogens is 1. The molecule has 4 nitrogen and oxygen atoms in total. The second-order valence-corrected chi connectivity index (χ2v) is 5.85. The van der Waals surface area contributed by atoms with Crippen molar-refractivity contribution in [2.24, 2.45) is 0 Å². The van der Waals surface area contributed by atoms with Crippen molar-refractivity contribution in [3.8, 4) is 0 Å². The van der Waals surface area contributed by atoms with Crippen LogP contribution in [0.2, 0.25) is 0 Å². The van der Waals surface area contributed by atoms with Crippen molar-refractivity contribution in [3.63, 3.8) is 0 Å². The van der Waals surface area contributed by atoms with Gasteiger partial charge in [-0.15, -0.1) is 0 Å². The van der Waals surface area contributed by atoms with E-state index in [0.717, 1.165) is 10.2 Å². The van der Waals surface area contributed by atoms with Crippen molar-refractivity contribution in [2.45, 2.75) is 20.8 Å². The molecule has 22 heavy (non-hydrogen) atoms. The Morgan fingerprint density at radius 1 is 1.23 bits per heavy atom. The summed E-state index contributed by atoms with van der Waals surface area (Å²) in [4.78, 5) is 18.3. The van der Waals surface area contributed by atoms with E-state index in [1.807, 2.05) is 45.0 Å². The maximum Gasteiger partial charge on any atom is 0.255 e. The molecule has 1 amide bonds. The third-order valence-corrected chi connectivity index (χ3v) is 4.36. The first kappa shape index (κ1) is 16.5. The molecule has 2 aromatic rings. The molecule has 0 unspecified atom stereocenters.